The minimum Gasteiger partial charge on any atom is -0.292 e. The van der Waals surface area contributed by atoms with Crippen LogP contribution < -0.4 is 5.56 Å². The summed E-state index contributed by atoms with van der Waals surface area (Å²) >= 11 is 1.44. The van der Waals surface area contributed by atoms with E-state index in [1.807, 2.05) is 56.3 Å². The number of fused-ring (bicyclic) bond motifs is 1. The van der Waals surface area contributed by atoms with Crippen molar-refractivity contribution in [3.05, 3.63) is 81.1 Å². The Morgan fingerprint density at radius 1 is 1.04 bits per heavy atom. The zero-order chi connectivity index (χ0) is 19.0. The van der Waals surface area contributed by atoms with Crippen LogP contribution in [0.2, 0.25) is 0 Å². The minimum atomic E-state index is -0.338. The first-order chi connectivity index (χ1) is 13.0. The van der Waals surface area contributed by atoms with E-state index < -0.39 is 0 Å². The molecule has 0 unspecified atom stereocenters. The van der Waals surface area contributed by atoms with Gasteiger partial charge in [-0.15, -0.1) is 11.3 Å². The van der Waals surface area contributed by atoms with Crippen LogP contribution >= 0.6 is 11.3 Å². The number of hydrogen-bond acceptors (Lipinski definition) is 5. The zero-order valence-electron chi connectivity index (χ0n) is 15.0. The van der Waals surface area contributed by atoms with Gasteiger partial charge < -0.3 is 0 Å². The number of thiazole rings is 1. The molecule has 0 radical (unpaired) electrons. The van der Waals surface area contributed by atoms with Crippen molar-refractivity contribution < 1.29 is 4.79 Å². The number of rotatable bonds is 4. The molecule has 0 aliphatic rings. The van der Waals surface area contributed by atoms with Gasteiger partial charge in [0.25, 0.3) is 5.56 Å². The van der Waals surface area contributed by atoms with Crippen molar-refractivity contribution in [2.24, 2.45) is 0 Å². The maximum absolute atomic E-state index is 12.8. The summed E-state index contributed by atoms with van der Waals surface area (Å²) in [6.45, 7) is 3.71. The highest BCUT2D eigenvalue weighted by atomic mass is 32.1. The Morgan fingerprint density at radius 3 is 2.44 bits per heavy atom. The van der Waals surface area contributed by atoms with Crippen molar-refractivity contribution in [2.75, 3.05) is 0 Å². The molecule has 4 aromatic rings. The van der Waals surface area contributed by atoms with Gasteiger partial charge in [0, 0.05) is 11.1 Å². The molecule has 0 bridgehead atoms. The van der Waals surface area contributed by atoms with Crippen molar-refractivity contribution in [1.29, 1.82) is 0 Å². The van der Waals surface area contributed by atoms with Gasteiger partial charge in [-0.1, -0.05) is 60.2 Å². The highest BCUT2D eigenvalue weighted by molar-refractivity contribution is 7.19. The fraction of sp³-hybridized carbons (Fsp3) is 0.143. The summed E-state index contributed by atoms with van der Waals surface area (Å²) in [5.74, 6) is -0.157. The lowest BCUT2D eigenvalue weighted by atomic mass is 10.1. The van der Waals surface area contributed by atoms with Crippen molar-refractivity contribution in [3.8, 4) is 11.3 Å². The van der Waals surface area contributed by atoms with E-state index in [2.05, 4.69) is 10.1 Å². The molecule has 0 aliphatic carbocycles. The highest BCUT2D eigenvalue weighted by Gasteiger charge is 2.18. The number of aromatic nitrogens is 3. The van der Waals surface area contributed by atoms with E-state index in [9.17, 15) is 9.59 Å². The van der Waals surface area contributed by atoms with Crippen molar-refractivity contribution in [3.63, 3.8) is 0 Å². The van der Waals surface area contributed by atoms with E-state index in [-0.39, 0.29) is 17.9 Å². The molecule has 6 heteroatoms. The van der Waals surface area contributed by atoms with Gasteiger partial charge in [-0.2, -0.15) is 5.10 Å². The topological polar surface area (TPSA) is 64.8 Å². The van der Waals surface area contributed by atoms with E-state index in [0.717, 1.165) is 20.8 Å². The Morgan fingerprint density at radius 2 is 1.74 bits per heavy atom. The Balaban J connectivity index is 1.83. The summed E-state index contributed by atoms with van der Waals surface area (Å²) in [5, 5.41) is 5.32. The summed E-state index contributed by atoms with van der Waals surface area (Å²) in [7, 11) is 0. The average molecular weight is 375 g/mol. The van der Waals surface area contributed by atoms with Crippen LogP contribution in [0.25, 0.3) is 21.5 Å². The summed E-state index contributed by atoms with van der Waals surface area (Å²) < 4.78 is 1.98. The van der Waals surface area contributed by atoms with Gasteiger partial charge in [0.2, 0.25) is 0 Å². The van der Waals surface area contributed by atoms with Crippen LogP contribution in [0.4, 0.5) is 0 Å². The molecule has 134 valence electrons. The predicted octanol–water partition coefficient (Wildman–Crippen LogP) is 4.02. The van der Waals surface area contributed by atoms with Crippen LogP contribution in [0, 0.1) is 13.8 Å². The Labute approximate surface area is 159 Å². The maximum atomic E-state index is 12.8. The molecular formula is C21H17N3O2S. The number of hydrogen-bond donors (Lipinski definition) is 0. The molecule has 0 amide bonds. The fourth-order valence-corrected chi connectivity index (χ4v) is 3.84. The van der Waals surface area contributed by atoms with Crippen molar-refractivity contribution in [1.82, 2.24) is 14.8 Å². The van der Waals surface area contributed by atoms with Crippen LogP contribution in [-0.4, -0.2) is 20.5 Å². The highest BCUT2D eigenvalue weighted by Crippen LogP contribution is 2.29. The molecule has 0 saturated heterocycles. The first-order valence-corrected chi connectivity index (χ1v) is 9.38. The molecule has 2 aromatic carbocycles. The monoisotopic (exact) mass is 375 g/mol. The van der Waals surface area contributed by atoms with Crippen LogP contribution in [0.15, 0.2) is 59.4 Å². The van der Waals surface area contributed by atoms with Gasteiger partial charge in [0.05, 0.1) is 9.71 Å². The lowest BCUT2D eigenvalue weighted by Gasteiger charge is -2.08. The molecule has 2 heterocycles. The Hall–Kier alpha value is -3.12. The van der Waals surface area contributed by atoms with E-state index >= 15 is 0 Å². The van der Waals surface area contributed by atoms with E-state index in [0.29, 0.717) is 16.8 Å². The molecule has 0 atom stereocenters. The summed E-state index contributed by atoms with van der Waals surface area (Å²) in [6, 6.07) is 16.9. The van der Waals surface area contributed by atoms with Crippen LogP contribution in [0.5, 0.6) is 0 Å². The number of nitrogens with zero attached hydrogens (tertiary/aromatic N) is 3. The number of ketones is 1. The van der Waals surface area contributed by atoms with Crippen LogP contribution in [-0.2, 0) is 6.54 Å². The van der Waals surface area contributed by atoms with Gasteiger partial charge in [0.15, 0.2) is 11.3 Å². The SMILES string of the molecule is Cc1ccc(C(=O)Cn2nc(-c3ccccc3)c3sc(C)nc3c2=O)cc1. The Bertz CT molecular complexity index is 1190. The van der Waals surface area contributed by atoms with Gasteiger partial charge >= 0.3 is 0 Å². The quantitative estimate of drug-likeness (QED) is 0.505. The second kappa shape index (κ2) is 6.89. The number of carbonyl (C=O) groups is 1. The lowest BCUT2D eigenvalue weighted by molar-refractivity contribution is 0.0966. The molecule has 0 spiro atoms. The molecule has 0 N–H and O–H groups in total. The summed E-state index contributed by atoms with van der Waals surface area (Å²) in [5.41, 5.74) is 3.23. The van der Waals surface area contributed by atoms with E-state index in [4.69, 9.17) is 0 Å². The number of aryl methyl sites for hydroxylation is 2. The van der Waals surface area contributed by atoms with E-state index in [1.54, 1.807) is 12.1 Å². The molecule has 27 heavy (non-hydrogen) atoms. The standard InChI is InChI=1S/C21H17N3O2S/c1-13-8-10-15(11-9-13)17(25)12-24-21(26)19-20(27-14(2)22-19)18(23-24)16-6-4-3-5-7-16/h3-11H,12H2,1-2H3. The van der Waals surface area contributed by atoms with E-state index in [1.165, 1.54) is 16.0 Å². The first kappa shape index (κ1) is 17.3. The van der Waals surface area contributed by atoms with Crippen LogP contribution in [0.3, 0.4) is 0 Å². The Kier molecular flexibility index (Phi) is 4.41. The number of Topliss-reactive ketones (excluding diaryl/α,β-unsaturated/α-hetero) is 1. The zero-order valence-corrected chi connectivity index (χ0v) is 15.8. The smallest absolute Gasteiger partial charge is 0.292 e. The second-order valence-corrected chi connectivity index (χ2v) is 7.58. The van der Waals surface area contributed by atoms with Crippen molar-refractivity contribution in [2.45, 2.75) is 20.4 Å². The third kappa shape index (κ3) is 3.31. The summed E-state index contributed by atoms with van der Waals surface area (Å²) in [6.07, 6.45) is 0. The average Bonchev–Trinajstić information content (AvgIpc) is 3.07. The third-order valence-electron chi connectivity index (χ3n) is 4.32. The summed E-state index contributed by atoms with van der Waals surface area (Å²) in [4.78, 5) is 29.9. The van der Waals surface area contributed by atoms with Crippen molar-refractivity contribution >= 4 is 27.3 Å². The molecule has 0 saturated carbocycles. The minimum absolute atomic E-state index is 0.117. The molecule has 0 fully saturated rings. The molecule has 4 rings (SSSR count). The molecule has 5 nitrogen and oxygen atoms in total. The number of carbonyl (C=O) groups excluding carboxylic acids is 1. The largest absolute Gasteiger partial charge is 0.294 e. The molecule has 2 aromatic heterocycles. The lowest BCUT2D eigenvalue weighted by Crippen LogP contribution is -2.27. The molecule has 0 aliphatic heterocycles. The fourth-order valence-electron chi connectivity index (χ4n) is 2.93. The van der Waals surface area contributed by atoms with Crippen LogP contribution in [0.1, 0.15) is 20.9 Å². The van der Waals surface area contributed by atoms with Gasteiger partial charge in [-0.05, 0) is 13.8 Å². The van der Waals surface area contributed by atoms with Gasteiger partial charge in [-0.3, -0.25) is 9.59 Å². The third-order valence-corrected chi connectivity index (χ3v) is 5.30. The normalized spacial score (nSPS) is 11.0. The second-order valence-electron chi connectivity index (χ2n) is 6.38. The van der Waals surface area contributed by atoms with Gasteiger partial charge in [-0.25, -0.2) is 9.67 Å². The maximum Gasteiger partial charge on any atom is 0.294 e. The molecular weight excluding hydrogens is 358 g/mol. The number of benzene rings is 2. The van der Waals surface area contributed by atoms with Gasteiger partial charge in [0.1, 0.15) is 12.2 Å². The predicted molar refractivity (Wildman–Crippen MR) is 107 cm³/mol. The first-order valence-electron chi connectivity index (χ1n) is 8.56.